The van der Waals surface area contributed by atoms with Gasteiger partial charge in [-0.3, -0.25) is 19.7 Å². The largest absolute Gasteiger partial charge is 0.507 e. The number of nitro groups is 1. The number of amides is 1. The molecule has 1 fully saturated rings. The first-order valence-electron chi connectivity index (χ1n) is 10.5. The molecular weight excluding hydrogens is 440 g/mol. The lowest BCUT2D eigenvalue weighted by Crippen LogP contribution is -2.31. The van der Waals surface area contributed by atoms with E-state index >= 15 is 0 Å². The Morgan fingerprint density at radius 1 is 1.15 bits per heavy atom. The highest BCUT2D eigenvalue weighted by Crippen LogP contribution is 2.41. The number of rotatable bonds is 8. The molecule has 1 aliphatic rings. The van der Waals surface area contributed by atoms with Gasteiger partial charge in [0.25, 0.3) is 17.4 Å². The highest BCUT2D eigenvalue weighted by molar-refractivity contribution is 6.46. The Balaban J connectivity index is 1.77. The minimum absolute atomic E-state index is 0.0917. The number of imidazole rings is 1. The molecule has 0 saturated carbocycles. The summed E-state index contributed by atoms with van der Waals surface area (Å²) in [5.74, 6) is -1.59. The molecule has 3 aromatic rings. The molecule has 0 radical (unpaired) electrons. The smallest absolute Gasteiger partial charge is 0.295 e. The lowest BCUT2D eigenvalue weighted by Gasteiger charge is -2.25. The van der Waals surface area contributed by atoms with Crippen LogP contribution in [0.2, 0.25) is 0 Å². The summed E-state index contributed by atoms with van der Waals surface area (Å²) in [7, 11) is 1.44. The van der Waals surface area contributed by atoms with Gasteiger partial charge in [-0.15, -0.1) is 0 Å². The first kappa shape index (κ1) is 22.7. The molecule has 1 aliphatic heterocycles. The molecule has 2 heterocycles. The van der Waals surface area contributed by atoms with Gasteiger partial charge in [0.15, 0.2) is 0 Å². The van der Waals surface area contributed by atoms with Crippen molar-refractivity contribution in [1.29, 1.82) is 0 Å². The number of nitrogens with zero attached hydrogens (tertiary/aromatic N) is 4. The third-order valence-corrected chi connectivity index (χ3v) is 5.70. The Kier molecular flexibility index (Phi) is 6.39. The zero-order chi connectivity index (χ0) is 24.2. The van der Waals surface area contributed by atoms with Crippen LogP contribution in [0.1, 0.15) is 23.6 Å². The van der Waals surface area contributed by atoms with E-state index in [1.807, 2.05) is 4.57 Å². The molecule has 1 unspecified atom stereocenters. The van der Waals surface area contributed by atoms with Crippen molar-refractivity contribution in [2.75, 3.05) is 13.7 Å². The Morgan fingerprint density at radius 3 is 2.53 bits per heavy atom. The van der Waals surface area contributed by atoms with E-state index in [0.29, 0.717) is 24.3 Å². The number of methoxy groups -OCH3 is 1. The fourth-order valence-corrected chi connectivity index (χ4v) is 4.06. The lowest BCUT2D eigenvalue weighted by molar-refractivity contribution is -0.384. The van der Waals surface area contributed by atoms with Crippen LogP contribution in [0.4, 0.5) is 5.69 Å². The highest BCUT2D eigenvalue weighted by Gasteiger charge is 2.46. The maximum Gasteiger partial charge on any atom is 0.295 e. The van der Waals surface area contributed by atoms with Crippen LogP contribution < -0.4 is 4.74 Å². The van der Waals surface area contributed by atoms with Gasteiger partial charge >= 0.3 is 0 Å². The number of Topliss-reactive ketones (excluding diaryl/α,β-unsaturated/α-hetero) is 1. The molecule has 10 heteroatoms. The fourth-order valence-electron chi connectivity index (χ4n) is 4.06. The molecule has 0 bridgehead atoms. The number of benzene rings is 2. The zero-order valence-electron chi connectivity index (χ0n) is 18.3. The van der Waals surface area contributed by atoms with Crippen LogP contribution in [0.3, 0.4) is 0 Å². The summed E-state index contributed by atoms with van der Waals surface area (Å²) < 4.78 is 7.17. The van der Waals surface area contributed by atoms with Crippen LogP contribution in [0.5, 0.6) is 5.75 Å². The third kappa shape index (κ3) is 4.25. The molecule has 1 amide bonds. The lowest BCUT2D eigenvalue weighted by atomic mass is 9.95. The zero-order valence-corrected chi connectivity index (χ0v) is 18.3. The van der Waals surface area contributed by atoms with Crippen LogP contribution in [-0.2, 0) is 16.1 Å². The first-order valence-corrected chi connectivity index (χ1v) is 10.5. The number of carbonyl (C=O) groups excluding carboxylic acids is 2. The van der Waals surface area contributed by atoms with Crippen molar-refractivity contribution in [1.82, 2.24) is 14.5 Å². The number of para-hydroxylation sites is 1. The quantitative estimate of drug-likeness (QED) is 0.179. The molecule has 0 spiro atoms. The van der Waals surface area contributed by atoms with Crippen LogP contribution in [0.15, 0.2) is 72.8 Å². The van der Waals surface area contributed by atoms with Gasteiger partial charge in [0.05, 0.1) is 35.5 Å². The molecule has 1 atom stereocenters. The SMILES string of the molecule is COc1ccccc1/C(O)=C1\C(=O)C(=O)N(CCCn2ccnc2)C1c1ccc([N+](=O)[O-])cc1. The maximum absolute atomic E-state index is 13.1. The van der Waals surface area contributed by atoms with E-state index in [1.54, 1.807) is 43.0 Å². The summed E-state index contributed by atoms with van der Waals surface area (Å²) in [6.45, 7) is 0.801. The number of ketones is 1. The Labute approximate surface area is 194 Å². The van der Waals surface area contributed by atoms with E-state index in [-0.39, 0.29) is 29.1 Å². The normalized spacial score (nSPS) is 17.2. The number of aryl methyl sites for hydroxylation is 1. The van der Waals surface area contributed by atoms with Crippen molar-refractivity contribution in [2.24, 2.45) is 0 Å². The molecule has 10 nitrogen and oxygen atoms in total. The summed E-state index contributed by atoms with van der Waals surface area (Å²) in [4.78, 5) is 42.1. The predicted octanol–water partition coefficient (Wildman–Crippen LogP) is 3.31. The monoisotopic (exact) mass is 462 g/mol. The number of nitro benzene ring substituents is 1. The molecule has 0 aliphatic carbocycles. The highest BCUT2D eigenvalue weighted by atomic mass is 16.6. The van der Waals surface area contributed by atoms with Crippen LogP contribution in [0, 0.1) is 10.1 Å². The second-order valence-electron chi connectivity index (χ2n) is 7.70. The molecule has 174 valence electrons. The number of aliphatic hydroxyl groups excluding tert-OH is 1. The van der Waals surface area contributed by atoms with Gasteiger partial charge in [-0.25, -0.2) is 4.98 Å². The van der Waals surface area contributed by atoms with Gasteiger partial charge in [0.1, 0.15) is 11.5 Å². The van der Waals surface area contributed by atoms with E-state index in [0.717, 1.165) is 0 Å². The molecule has 1 aromatic heterocycles. The number of hydrogen-bond donors (Lipinski definition) is 1. The second kappa shape index (κ2) is 9.57. The number of aliphatic hydroxyl groups is 1. The average Bonchev–Trinajstić information content (AvgIpc) is 3.46. The minimum atomic E-state index is -0.909. The summed E-state index contributed by atoms with van der Waals surface area (Å²) in [5, 5.41) is 22.3. The summed E-state index contributed by atoms with van der Waals surface area (Å²) in [6, 6.07) is 11.3. The number of carbonyl (C=O) groups is 2. The van der Waals surface area contributed by atoms with E-state index in [1.165, 1.54) is 36.3 Å². The Morgan fingerprint density at radius 2 is 1.88 bits per heavy atom. The summed E-state index contributed by atoms with van der Waals surface area (Å²) >= 11 is 0. The van der Waals surface area contributed by atoms with Gasteiger partial charge in [-0.1, -0.05) is 12.1 Å². The summed E-state index contributed by atoms with van der Waals surface area (Å²) in [5.41, 5.74) is 0.536. The van der Waals surface area contributed by atoms with Gasteiger partial charge in [-0.2, -0.15) is 0 Å². The number of likely N-dealkylation sites (tertiary alicyclic amines) is 1. The van der Waals surface area contributed by atoms with Crippen molar-refractivity contribution in [3.63, 3.8) is 0 Å². The Bertz CT molecular complexity index is 1250. The van der Waals surface area contributed by atoms with Gasteiger partial charge < -0.3 is 19.3 Å². The van der Waals surface area contributed by atoms with E-state index in [4.69, 9.17) is 4.74 Å². The van der Waals surface area contributed by atoms with Crippen molar-refractivity contribution in [3.05, 3.63) is 94.1 Å². The van der Waals surface area contributed by atoms with Crippen molar-refractivity contribution in [3.8, 4) is 5.75 Å². The molecule has 1 N–H and O–H groups in total. The van der Waals surface area contributed by atoms with Crippen LogP contribution >= 0.6 is 0 Å². The van der Waals surface area contributed by atoms with Gasteiger partial charge in [0, 0.05) is 37.6 Å². The second-order valence-corrected chi connectivity index (χ2v) is 7.70. The molecular formula is C24H22N4O6. The first-order chi connectivity index (χ1) is 16.4. The molecule has 2 aromatic carbocycles. The van der Waals surface area contributed by atoms with Crippen molar-refractivity contribution >= 4 is 23.1 Å². The average molecular weight is 462 g/mol. The number of non-ortho nitro benzene ring substituents is 1. The number of aromatic nitrogens is 2. The van der Waals surface area contributed by atoms with Crippen molar-refractivity contribution < 1.29 is 24.4 Å². The standard InChI is InChI=1S/C24H22N4O6/c1-34-19-6-3-2-5-18(19)22(29)20-21(16-7-9-17(10-8-16)28(32)33)27(24(31)23(20)30)13-4-12-26-14-11-25-15-26/h2-3,5-11,14-15,21,29H,4,12-13H2,1H3/b22-20+. The van der Waals surface area contributed by atoms with Gasteiger partial charge in [-0.05, 0) is 36.2 Å². The fraction of sp³-hybridized carbons (Fsp3) is 0.208. The van der Waals surface area contributed by atoms with E-state index in [2.05, 4.69) is 4.98 Å². The third-order valence-electron chi connectivity index (χ3n) is 5.70. The van der Waals surface area contributed by atoms with Crippen LogP contribution in [0.25, 0.3) is 5.76 Å². The minimum Gasteiger partial charge on any atom is -0.507 e. The molecule has 34 heavy (non-hydrogen) atoms. The van der Waals surface area contributed by atoms with E-state index < -0.39 is 22.7 Å². The molecule has 4 rings (SSSR count). The van der Waals surface area contributed by atoms with Crippen molar-refractivity contribution in [2.45, 2.75) is 19.0 Å². The topological polar surface area (TPSA) is 128 Å². The summed E-state index contributed by atoms with van der Waals surface area (Å²) in [6.07, 6.45) is 5.63. The predicted molar refractivity (Wildman–Crippen MR) is 122 cm³/mol. The maximum atomic E-state index is 13.1. The number of hydrogen-bond acceptors (Lipinski definition) is 7. The molecule has 1 saturated heterocycles. The van der Waals surface area contributed by atoms with E-state index in [9.17, 15) is 24.8 Å². The van der Waals surface area contributed by atoms with Gasteiger partial charge in [0.2, 0.25) is 0 Å². The Hall–Kier alpha value is -4.47. The number of ether oxygens (including phenoxy) is 1. The van der Waals surface area contributed by atoms with Crippen LogP contribution in [-0.4, -0.2) is 49.8 Å².